The fourth-order valence-electron chi connectivity index (χ4n) is 4.30. The summed E-state index contributed by atoms with van der Waals surface area (Å²) in [6, 6.07) is 3.94. The number of aryl methyl sites for hydroxylation is 1. The van der Waals surface area contributed by atoms with E-state index in [1.807, 2.05) is 0 Å². The molecule has 1 atom stereocenters. The summed E-state index contributed by atoms with van der Waals surface area (Å²) in [7, 11) is 3.41. The first-order chi connectivity index (χ1) is 15.2. The standard InChI is InChI=1S/C23H26FN5O3/c1-12-19(10-17-16-9-14(24)5-6-18(16)27-21(17)30)25-13(2)20(12)22(31)26-15-7-8-29(11-15)23(32)28(3)4/h5-6,9-10,15,25H,7-8,11H2,1-4H3,(H,26,31)(H,27,30)/b17-10-. The van der Waals surface area contributed by atoms with E-state index in [2.05, 4.69) is 15.6 Å². The average Bonchev–Trinajstić information content (AvgIpc) is 3.38. The number of aromatic nitrogens is 1. The molecule has 0 bridgehead atoms. The molecule has 8 nitrogen and oxygen atoms in total. The summed E-state index contributed by atoms with van der Waals surface area (Å²) in [5.41, 5.74) is 3.87. The molecule has 2 aliphatic heterocycles. The predicted octanol–water partition coefficient (Wildman–Crippen LogP) is 2.75. The Balaban J connectivity index is 1.55. The summed E-state index contributed by atoms with van der Waals surface area (Å²) >= 11 is 0. The van der Waals surface area contributed by atoms with E-state index in [0.29, 0.717) is 58.8 Å². The van der Waals surface area contributed by atoms with Gasteiger partial charge in [-0.2, -0.15) is 0 Å². The minimum absolute atomic E-state index is 0.0729. The normalized spacial score (nSPS) is 18.7. The Hall–Kier alpha value is -3.62. The molecule has 9 heteroatoms. The number of urea groups is 1. The monoisotopic (exact) mass is 439 g/mol. The zero-order chi connectivity index (χ0) is 23.2. The first-order valence-corrected chi connectivity index (χ1v) is 10.4. The number of hydrogen-bond acceptors (Lipinski definition) is 3. The number of hydrogen-bond donors (Lipinski definition) is 3. The van der Waals surface area contributed by atoms with E-state index in [-0.39, 0.29) is 23.9 Å². The lowest BCUT2D eigenvalue weighted by atomic mass is 10.0. The number of nitrogens with one attached hydrogen (secondary N) is 3. The predicted molar refractivity (Wildman–Crippen MR) is 120 cm³/mol. The minimum atomic E-state index is -0.427. The maximum atomic E-state index is 13.7. The van der Waals surface area contributed by atoms with Crippen molar-refractivity contribution in [2.24, 2.45) is 0 Å². The number of carbonyl (C=O) groups is 3. The Morgan fingerprint density at radius 1 is 1.28 bits per heavy atom. The molecule has 1 aromatic carbocycles. The van der Waals surface area contributed by atoms with Crippen molar-refractivity contribution in [3.05, 3.63) is 52.1 Å². The number of halogens is 1. The molecular formula is C23H26FN5O3. The van der Waals surface area contributed by atoms with Crippen LogP contribution in [0.3, 0.4) is 0 Å². The lowest BCUT2D eigenvalue weighted by Crippen LogP contribution is -2.41. The van der Waals surface area contributed by atoms with E-state index < -0.39 is 5.82 Å². The highest BCUT2D eigenvalue weighted by molar-refractivity contribution is 6.34. The SMILES string of the molecule is Cc1[nH]c(/C=C2\C(=O)Nc3ccc(F)cc32)c(C)c1C(=O)NC1CCN(C(=O)N(C)C)C1. The molecule has 3 heterocycles. The average molecular weight is 439 g/mol. The quantitative estimate of drug-likeness (QED) is 0.642. The van der Waals surface area contributed by atoms with Crippen LogP contribution < -0.4 is 10.6 Å². The summed E-state index contributed by atoms with van der Waals surface area (Å²) in [6.07, 6.45) is 2.33. The molecule has 168 valence electrons. The van der Waals surface area contributed by atoms with E-state index in [9.17, 15) is 18.8 Å². The fraction of sp³-hybridized carbons (Fsp3) is 0.348. The Labute approximate surface area is 185 Å². The Morgan fingerprint density at radius 2 is 2.03 bits per heavy atom. The van der Waals surface area contributed by atoms with Gasteiger partial charge in [0.1, 0.15) is 5.82 Å². The second kappa shape index (κ2) is 8.14. The highest BCUT2D eigenvalue weighted by atomic mass is 19.1. The molecule has 1 fully saturated rings. The Bertz CT molecular complexity index is 1150. The second-order valence-corrected chi connectivity index (χ2v) is 8.45. The maximum absolute atomic E-state index is 13.7. The molecule has 0 saturated carbocycles. The molecule has 1 aromatic heterocycles. The molecule has 0 aliphatic carbocycles. The van der Waals surface area contributed by atoms with Gasteiger partial charge in [-0.15, -0.1) is 0 Å². The van der Waals surface area contributed by atoms with Gasteiger partial charge in [0.2, 0.25) is 0 Å². The van der Waals surface area contributed by atoms with Crippen LogP contribution in [-0.2, 0) is 4.79 Å². The van der Waals surface area contributed by atoms with E-state index in [1.54, 1.807) is 38.9 Å². The minimum Gasteiger partial charge on any atom is -0.358 e. The maximum Gasteiger partial charge on any atom is 0.319 e. The zero-order valence-corrected chi connectivity index (χ0v) is 18.5. The molecule has 0 spiro atoms. The van der Waals surface area contributed by atoms with Crippen LogP contribution in [-0.4, -0.2) is 65.9 Å². The van der Waals surface area contributed by atoms with E-state index in [4.69, 9.17) is 0 Å². The number of nitrogens with zero attached hydrogens (tertiary/aromatic N) is 2. The number of fused-ring (bicyclic) bond motifs is 1. The van der Waals surface area contributed by atoms with Crippen molar-refractivity contribution >= 4 is 35.2 Å². The van der Waals surface area contributed by atoms with Gasteiger partial charge in [-0.3, -0.25) is 9.59 Å². The molecule has 2 aliphatic rings. The van der Waals surface area contributed by atoms with E-state index >= 15 is 0 Å². The number of aromatic amines is 1. The molecule has 1 saturated heterocycles. The molecule has 4 rings (SSSR count). The first-order valence-electron chi connectivity index (χ1n) is 10.4. The van der Waals surface area contributed by atoms with Crippen LogP contribution in [0, 0.1) is 19.7 Å². The van der Waals surface area contributed by atoms with Gasteiger partial charge in [-0.1, -0.05) is 0 Å². The van der Waals surface area contributed by atoms with E-state index in [1.165, 1.54) is 23.1 Å². The Kier molecular flexibility index (Phi) is 5.50. The topological polar surface area (TPSA) is 97.5 Å². The number of H-pyrrole nitrogens is 1. The largest absolute Gasteiger partial charge is 0.358 e. The summed E-state index contributed by atoms with van der Waals surface area (Å²) in [6.45, 7) is 4.66. The lowest BCUT2D eigenvalue weighted by molar-refractivity contribution is -0.110. The van der Waals surface area contributed by atoms with Gasteiger partial charge in [0.25, 0.3) is 11.8 Å². The number of carbonyl (C=O) groups excluding carboxylic acids is 3. The molecule has 2 aromatic rings. The van der Waals surface area contributed by atoms with E-state index in [0.717, 1.165) is 0 Å². The van der Waals surface area contributed by atoms with Crippen molar-refractivity contribution in [1.82, 2.24) is 20.1 Å². The van der Waals surface area contributed by atoms with Crippen LogP contribution in [0.5, 0.6) is 0 Å². The van der Waals surface area contributed by atoms with Crippen molar-refractivity contribution in [3.63, 3.8) is 0 Å². The molecule has 3 N–H and O–H groups in total. The summed E-state index contributed by atoms with van der Waals surface area (Å²) < 4.78 is 13.7. The van der Waals surface area contributed by atoms with Crippen LogP contribution in [0.15, 0.2) is 18.2 Å². The first kappa shape index (κ1) is 21.6. The van der Waals surface area contributed by atoms with Crippen molar-refractivity contribution in [3.8, 4) is 0 Å². The summed E-state index contributed by atoms with van der Waals surface area (Å²) in [4.78, 5) is 44.0. The third-order valence-corrected chi connectivity index (χ3v) is 5.93. The summed E-state index contributed by atoms with van der Waals surface area (Å²) in [5.74, 6) is -0.976. The highest BCUT2D eigenvalue weighted by Crippen LogP contribution is 2.34. The van der Waals surface area contributed by atoms with Gasteiger partial charge in [-0.05, 0) is 50.1 Å². The smallest absolute Gasteiger partial charge is 0.319 e. The lowest BCUT2D eigenvalue weighted by Gasteiger charge is -2.21. The van der Waals surface area contributed by atoms with Crippen molar-refractivity contribution < 1.29 is 18.8 Å². The Morgan fingerprint density at radius 3 is 2.75 bits per heavy atom. The van der Waals surface area contributed by atoms with Gasteiger partial charge in [0, 0.05) is 55.9 Å². The van der Waals surface area contributed by atoms with Crippen molar-refractivity contribution in [2.75, 3.05) is 32.5 Å². The number of rotatable bonds is 3. The molecule has 0 radical (unpaired) electrons. The van der Waals surface area contributed by atoms with Gasteiger partial charge in [-0.25, -0.2) is 9.18 Å². The third kappa shape index (κ3) is 3.86. The molecular weight excluding hydrogens is 413 g/mol. The number of amides is 4. The van der Waals surface area contributed by atoms with Crippen LogP contribution in [0.4, 0.5) is 14.9 Å². The van der Waals surface area contributed by atoms with Crippen LogP contribution in [0.2, 0.25) is 0 Å². The second-order valence-electron chi connectivity index (χ2n) is 8.45. The molecule has 32 heavy (non-hydrogen) atoms. The molecule has 4 amide bonds. The number of anilines is 1. The number of benzene rings is 1. The number of likely N-dealkylation sites (tertiary alicyclic amines) is 1. The summed E-state index contributed by atoms with van der Waals surface area (Å²) in [5, 5.41) is 5.74. The van der Waals surface area contributed by atoms with Crippen molar-refractivity contribution in [1.29, 1.82) is 0 Å². The third-order valence-electron chi connectivity index (χ3n) is 5.93. The van der Waals surface area contributed by atoms with Crippen LogP contribution in [0.1, 0.15) is 39.3 Å². The fourth-order valence-corrected chi connectivity index (χ4v) is 4.30. The van der Waals surface area contributed by atoms with Gasteiger partial charge in [0.05, 0.1) is 11.1 Å². The highest BCUT2D eigenvalue weighted by Gasteiger charge is 2.30. The zero-order valence-electron chi connectivity index (χ0n) is 18.5. The van der Waals surface area contributed by atoms with Crippen LogP contribution >= 0.6 is 0 Å². The van der Waals surface area contributed by atoms with Gasteiger partial charge < -0.3 is 25.4 Å². The van der Waals surface area contributed by atoms with Crippen LogP contribution in [0.25, 0.3) is 11.6 Å². The van der Waals surface area contributed by atoms with Gasteiger partial charge >= 0.3 is 6.03 Å². The van der Waals surface area contributed by atoms with Gasteiger partial charge in [0.15, 0.2) is 0 Å². The van der Waals surface area contributed by atoms with Crippen molar-refractivity contribution in [2.45, 2.75) is 26.3 Å². The molecule has 1 unspecified atom stereocenters.